The predicted molar refractivity (Wildman–Crippen MR) is 86.0 cm³/mol. The molecule has 1 aromatic heterocycles. The van der Waals surface area contributed by atoms with Gasteiger partial charge in [-0.15, -0.1) is 0 Å². The van der Waals surface area contributed by atoms with Gasteiger partial charge >= 0.3 is 0 Å². The quantitative estimate of drug-likeness (QED) is 0.866. The molecule has 3 nitrogen and oxygen atoms in total. The lowest BCUT2D eigenvalue weighted by Crippen LogP contribution is -2.27. The summed E-state index contributed by atoms with van der Waals surface area (Å²) < 4.78 is 13.5. The number of nitrogens with zero attached hydrogens (tertiary/aromatic N) is 2. The molecule has 2 rings (SSSR count). The van der Waals surface area contributed by atoms with Gasteiger partial charge in [-0.3, -0.25) is 0 Å². The minimum atomic E-state index is -0.245. The Kier molecular flexibility index (Phi) is 6.43. The number of anilines is 1. The Morgan fingerprint density at radius 3 is 2.95 bits per heavy atom. The SMILES string of the molecule is CCCC1CCCN(c2ncc(F)cc2CNCC)CC1. The van der Waals surface area contributed by atoms with Crippen LogP contribution in [0, 0.1) is 11.7 Å². The van der Waals surface area contributed by atoms with Crippen molar-refractivity contribution in [2.24, 2.45) is 5.92 Å². The average molecular weight is 293 g/mol. The normalized spacial score (nSPS) is 19.6. The van der Waals surface area contributed by atoms with Crippen LogP contribution in [0.1, 0.15) is 51.5 Å². The van der Waals surface area contributed by atoms with Crippen LogP contribution in [0.2, 0.25) is 0 Å². The fraction of sp³-hybridized carbons (Fsp3) is 0.706. The van der Waals surface area contributed by atoms with E-state index < -0.39 is 0 Å². The van der Waals surface area contributed by atoms with Crippen molar-refractivity contribution in [2.75, 3.05) is 24.5 Å². The average Bonchev–Trinajstić information content (AvgIpc) is 2.71. The van der Waals surface area contributed by atoms with Crippen LogP contribution >= 0.6 is 0 Å². The third-order valence-corrected chi connectivity index (χ3v) is 4.32. The largest absolute Gasteiger partial charge is 0.356 e. The molecule has 1 atom stereocenters. The maximum Gasteiger partial charge on any atom is 0.141 e. The molecule has 0 bridgehead atoms. The second-order valence-corrected chi connectivity index (χ2v) is 5.99. The summed E-state index contributed by atoms with van der Waals surface area (Å²) in [4.78, 5) is 6.73. The molecule has 1 aromatic rings. The van der Waals surface area contributed by atoms with Gasteiger partial charge in [0.2, 0.25) is 0 Å². The van der Waals surface area contributed by atoms with Crippen molar-refractivity contribution in [3.8, 4) is 0 Å². The molecule has 1 aliphatic rings. The zero-order chi connectivity index (χ0) is 15.1. The number of rotatable bonds is 6. The fourth-order valence-electron chi connectivity index (χ4n) is 3.22. The number of aromatic nitrogens is 1. The second-order valence-electron chi connectivity index (χ2n) is 5.99. The number of halogens is 1. The Balaban J connectivity index is 2.09. The zero-order valence-electron chi connectivity index (χ0n) is 13.4. The molecule has 1 unspecified atom stereocenters. The lowest BCUT2D eigenvalue weighted by molar-refractivity contribution is 0.435. The van der Waals surface area contributed by atoms with E-state index in [1.165, 1.54) is 38.3 Å². The molecule has 0 radical (unpaired) electrons. The number of nitrogens with one attached hydrogen (secondary N) is 1. The van der Waals surface area contributed by atoms with Crippen LogP contribution in [0.5, 0.6) is 0 Å². The predicted octanol–water partition coefficient (Wildman–Crippen LogP) is 3.74. The van der Waals surface area contributed by atoms with Gasteiger partial charge in [-0.25, -0.2) is 9.37 Å². The number of hydrogen-bond acceptors (Lipinski definition) is 3. The Morgan fingerprint density at radius 1 is 1.33 bits per heavy atom. The van der Waals surface area contributed by atoms with Crippen LogP contribution in [0.25, 0.3) is 0 Å². The molecular weight excluding hydrogens is 265 g/mol. The summed E-state index contributed by atoms with van der Waals surface area (Å²) in [7, 11) is 0. The van der Waals surface area contributed by atoms with Crippen molar-refractivity contribution in [3.05, 3.63) is 23.6 Å². The summed E-state index contributed by atoms with van der Waals surface area (Å²) in [5.41, 5.74) is 0.978. The lowest BCUT2D eigenvalue weighted by Gasteiger charge is -2.24. The molecule has 4 heteroatoms. The highest BCUT2D eigenvalue weighted by atomic mass is 19.1. The molecule has 1 fully saturated rings. The maximum absolute atomic E-state index is 13.5. The summed E-state index contributed by atoms with van der Waals surface area (Å²) in [5.74, 6) is 1.57. The van der Waals surface area contributed by atoms with Crippen LogP contribution in [0.3, 0.4) is 0 Å². The summed E-state index contributed by atoms with van der Waals surface area (Å²) >= 11 is 0. The van der Waals surface area contributed by atoms with Crippen molar-refractivity contribution >= 4 is 5.82 Å². The molecule has 2 heterocycles. The van der Waals surface area contributed by atoms with Gasteiger partial charge in [0.15, 0.2) is 0 Å². The van der Waals surface area contributed by atoms with E-state index in [-0.39, 0.29) is 5.82 Å². The highest BCUT2D eigenvalue weighted by Gasteiger charge is 2.19. The van der Waals surface area contributed by atoms with E-state index in [9.17, 15) is 4.39 Å². The highest BCUT2D eigenvalue weighted by molar-refractivity contribution is 5.47. The number of pyridine rings is 1. The zero-order valence-corrected chi connectivity index (χ0v) is 13.4. The van der Waals surface area contributed by atoms with E-state index in [1.807, 2.05) is 0 Å². The van der Waals surface area contributed by atoms with Crippen LogP contribution < -0.4 is 10.2 Å². The molecule has 0 saturated carbocycles. The topological polar surface area (TPSA) is 28.2 Å². The second kappa shape index (κ2) is 8.32. The van der Waals surface area contributed by atoms with Crippen molar-refractivity contribution in [2.45, 2.75) is 52.5 Å². The molecule has 0 amide bonds. The fourth-order valence-corrected chi connectivity index (χ4v) is 3.22. The van der Waals surface area contributed by atoms with Crippen LogP contribution in [0.4, 0.5) is 10.2 Å². The first-order valence-electron chi connectivity index (χ1n) is 8.34. The van der Waals surface area contributed by atoms with E-state index >= 15 is 0 Å². The first-order chi connectivity index (χ1) is 10.2. The lowest BCUT2D eigenvalue weighted by atomic mass is 9.96. The number of hydrogen-bond donors (Lipinski definition) is 1. The Morgan fingerprint density at radius 2 is 2.19 bits per heavy atom. The summed E-state index contributed by atoms with van der Waals surface area (Å²) in [6.07, 6.45) is 7.70. The summed E-state index contributed by atoms with van der Waals surface area (Å²) in [6.45, 7) is 7.98. The van der Waals surface area contributed by atoms with E-state index in [0.29, 0.717) is 6.54 Å². The first kappa shape index (κ1) is 16.2. The van der Waals surface area contributed by atoms with Gasteiger partial charge in [-0.05, 0) is 37.8 Å². The molecule has 0 aliphatic carbocycles. The highest BCUT2D eigenvalue weighted by Crippen LogP contribution is 2.26. The summed E-state index contributed by atoms with van der Waals surface area (Å²) in [5, 5.41) is 3.28. The first-order valence-corrected chi connectivity index (χ1v) is 8.34. The van der Waals surface area contributed by atoms with Gasteiger partial charge in [0.1, 0.15) is 11.6 Å². The van der Waals surface area contributed by atoms with E-state index in [2.05, 4.69) is 29.0 Å². The summed E-state index contributed by atoms with van der Waals surface area (Å²) in [6, 6.07) is 1.62. The minimum absolute atomic E-state index is 0.245. The van der Waals surface area contributed by atoms with Crippen molar-refractivity contribution in [1.29, 1.82) is 0 Å². The molecule has 21 heavy (non-hydrogen) atoms. The van der Waals surface area contributed by atoms with Gasteiger partial charge < -0.3 is 10.2 Å². The molecular formula is C17H28FN3. The van der Waals surface area contributed by atoms with Crippen molar-refractivity contribution < 1.29 is 4.39 Å². The van der Waals surface area contributed by atoms with E-state index in [4.69, 9.17) is 0 Å². The molecule has 0 spiro atoms. The Bertz CT molecular complexity index is 436. The molecule has 1 N–H and O–H groups in total. The van der Waals surface area contributed by atoms with Crippen LogP contribution in [-0.2, 0) is 6.54 Å². The third kappa shape index (κ3) is 4.67. The van der Waals surface area contributed by atoms with E-state index in [1.54, 1.807) is 6.07 Å². The van der Waals surface area contributed by atoms with Crippen molar-refractivity contribution in [3.63, 3.8) is 0 Å². The monoisotopic (exact) mass is 293 g/mol. The molecule has 1 saturated heterocycles. The smallest absolute Gasteiger partial charge is 0.141 e. The van der Waals surface area contributed by atoms with Crippen LogP contribution in [-0.4, -0.2) is 24.6 Å². The van der Waals surface area contributed by atoms with Gasteiger partial charge in [-0.2, -0.15) is 0 Å². The van der Waals surface area contributed by atoms with Gasteiger partial charge in [-0.1, -0.05) is 26.7 Å². The molecule has 118 valence electrons. The molecule has 1 aliphatic heterocycles. The molecule has 0 aromatic carbocycles. The standard InChI is InChI=1S/C17H28FN3/c1-3-6-14-7-5-9-21(10-8-14)17-15(12-19-4-2)11-16(18)13-20-17/h11,13-14,19H,3-10,12H2,1-2H3. The van der Waals surface area contributed by atoms with Gasteiger partial charge in [0, 0.05) is 25.2 Å². The van der Waals surface area contributed by atoms with Gasteiger partial charge in [0.25, 0.3) is 0 Å². The van der Waals surface area contributed by atoms with Crippen LogP contribution in [0.15, 0.2) is 12.3 Å². The van der Waals surface area contributed by atoms with Gasteiger partial charge in [0.05, 0.1) is 6.20 Å². The Hall–Kier alpha value is -1.16. The Labute approximate surface area is 127 Å². The minimum Gasteiger partial charge on any atom is -0.356 e. The maximum atomic E-state index is 13.5. The van der Waals surface area contributed by atoms with E-state index in [0.717, 1.165) is 36.9 Å². The third-order valence-electron chi connectivity index (χ3n) is 4.32. The van der Waals surface area contributed by atoms with Crippen molar-refractivity contribution in [1.82, 2.24) is 10.3 Å².